The number of halogens is 2. The fraction of sp³-hybridized carbons (Fsp3) is 0.500. The van der Waals surface area contributed by atoms with Crippen molar-refractivity contribution in [2.24, 2.45) is 5.41 Å². The Morgan fingerprint density at radius 1 is 1.45 bits per heavy atom. The Labute approximate surface area is 133 Å². The maximum absolute atomic E-state index is 14.1. The lowest BCUT2D eigenvalue weighted by Crippen LogP contribution is -2.44. The molecule has 1 aromatic carbocycles. The fourth-order valence-electron chi connectivity index (χ4n) is 2.78. The Kier molecular flexibility index (Phi) is 4.47. The molecule has 0 aliphatic carbocycles. The van der Waals surface area contributed by atoms with Crippen LogP contribution in [0, 0.1) is 5.41 Å². The number of benzene rings is 1. The number of carbonyl (C=O) groups is 2. The summed E-state index contributed by atoms with van der Waals surface area (Å²) in [6.45, 7) is 3.28. The number of aliphatic carboxylic acids is 1. The molecule has 1 heterocycles. The molecule has 0 bridgehead atoms. The van der Waals surface area contributed by atoms with Crippen molar-refractivity contribution in [3.8, 4) is 0 Å². The Morgan fingerprint density at radius 2 is 2.14 bits per heavy atom. The Hall–Kier alpha value is -1.62. The number of hydrogen-bond donors (Lipinski definition) is 1. The van der Waals surface area contributed by atoms with Crippen molar-refractivity contribution in [1.82, 2.24) is 4.90 Å². The van der Waals surface area contributed by atoms with Gasteiger partial charge in [0.05, 0.1) is 6.54 Å². The third kappa shape index (κ3) is 3.40. The maximum atomic E-state index is 14.1. The molecule has 120 valence electrons. The molecule has 1 N–H and O–H groups in total. The third-order valence-corrected chi connectivity index (χ3v) is 4.24. The molecule has 1 fully saturated rings. The Bertz CT molecular complexity index is 605. The van der Waals surface area contributed by atoms with Gasteiger partial charge in [-0.25, -0.2) is 9.18 Å². The molecule has 1 saturated heterocycles. The third-order valence-electron chi connectivity index (χ3n) is 4.00. The highest BCUT2D eigenvalue weighted by Crippen LogP contribution is 2.32. The summed E-state index contributed by atoms with van der Waals surface area (Å²) in [4.78, 5) is 24.8. The van der Waals surface area contributed by atoms with E-state index in [0.29, 0.717) is 11.4 Å². The van der Waals surface area contributed by atoms with Gasteiger partial charge in [0.1, 0.15) is 0 Å². The lowest BCUT2D eigenvalue weighted by atomic mass is 9.84. The molecule has 1 atom stereocenters. The molecule has 1 aliphatic heterocycles. The van der Waals surface area contributed by atoms with E-state index in [-0.39, 0.29) is 25.4 Å². The molecule has 0 spiro atoms. The van der Waals surface area contributed by atoms with Crippen molar-refractivity contribution in [3.63, 3.8) is 0 Å². The van der Waals surface area contributed by atoms with Gasteiger partial charge in [-0.3, -0.25) is 4.79 Å². The van der Waals surface area contributed by atoms with E-state index < -0.39 is 17.1 Å². The van der Waals surface area contributed by atoms with E-state index in [2.05, 4.69) is 0 Å². The zero-order chi connectivity index (χ0) is 16.5. The summed E-state index contributed by atoms with van der Waals surface area (Å²) in [7, 11) is 0. The van der Waals surface area contributed by atoms with Gasteiger partial charge in [-0.1, -0.05) is 37.6 Å². The number of alkyl halides is 1. The molecule has 0 radical (unpaired) electrons. The highest BCUT2D eigenvalue weighted by atomic mass is 35.5. The zero-order valence-corrected chi connectivity index (χ0v) is 13.4. The van der Waals surface area contributed by atoms with Crippen LogP contribution in [0.25, 0.3) is 0 Å². The van der Waals surface area contributed by atoms with Crippen molar-refractivity contribution < 1.29 is 19.1 Å². The first-order valence-electron chi connectivity index (χ1n) is 7.10. The Morgan fingerprint density at radius 3 is 2.68 bits per heavy atom. The van der Waals surface area contributed by atoms with E-state index in [0.717, 1.165) is 5.56 Å². The molecule has 1 aliphatic rings. The first-order valence-corrected chi connectivity index (χ1v) is 7.48. The van der Waals surface area contributed by atoms with Crippen LogP contribution in [-0.2, 0) is 16.0 Å². The van der Waals surface area contributed by atoms with Crippen LogP contribution >= 0.6 is 11.6 Å². The van der Waals surface area contributed by atoms with Crippen LogP contribution in [-0.4, -0.2) is 40.6 Å². The first-order chi connectivity index (χ1) is 10.1. The molecule has 1 amide bonds. The summed E-state index contributed by atoms with van der Waals surface area (Å²) < 4.78 is 14.1. The quantitative estimate of drug-likeness (QED) is 0.925. The molecule has 4 nitrogen and oxygen atoms in total. The van der Waals surface area contributed by atoms with Crippen molar-refractivity contribution in [1.29, 1.82) is 0 Å². The molecular weight excluding hydrogens is 309 g/mol. The van der Waals surface area contributed by atoms with Crippen LogP contribution in [0.4, 0.5) is 4.39 Å². The molecule has 1 aromatic rings. The zero-order valence-electron chi connectivity index (χ0n) is 12.6. The van der Waals surface area contributed by atoms with E-state index >= 15 is 0 Å². The van der Waals surface area contributed by atoms with E-state index in [1.807, 2.05) is 12.1 Å². The second-order valence-electron chi connectivity index (χ2n) is 6.44. The number of carbonyl (C=O) groups excluding carboxylic acids is 1. The normalized spacial score (nSPS) is 21.9. The predicted molar refractivity (Wildman–Crippen MR) is 81.6 cm³/mol. The summed E-state index contributed by atoms with van der Waals surface area (Å²) in [5.74, 6) is -1.75. The number of carboxylic acid groups (broad SMARTS) is 1. The van der Waals surface area contributed by atoms with Crippen molar-refractivity contribution in [2.45, 2.75) is 32.4 Å². The van der Waals surface area contributed by atoms with Gasteiger partial charge in [-0.2, -0.15) is 0 Å². The summed E-state index contributed by atoms with van der Waals surface area (Å²) in [5, 5.41) is 9.51. The van der Waals surface area contributed by atoms with Gasteiger partial charge in [-0.15, -0.1) is 0 Å². The van der Waals surface area contributed by atoms with E-state index in [4.69, 9.17) is 16.7 Å². The van der Waals surface area contributed by atoms with Gasteiger partial charge in [0, 0.05) is 23.4 Å². The van der Waals surface area contributed by atoms with E-state index in [9.17, 15) is 14.0 Å². The number of rotatable bonds is 4. The number of likely N-dealkylation sites (tertiary alicyclic amines) is 1. The van der Waals surface area contributed by atoms with Gasteiger partial charge >= 0.3 is 5.97 Å². The van der Waals surface area contributed by atoms with Crippen molar-refractivity contribution >= 4 is 23.5 Å². The topological polar surface area (TPSA) is 57.6 Å². The molecule has 2 rings (SSSR count). The minimum Gasteiger partial charge on any atom is -0.479 e. The molecule has 1 unspecified atom stereocenters. The number of hydrogen-bond acceptors (Lipinski definition) is 2. The van der Waals surface area contributed by atoms with Crippen LogP contribution in [0.3, 0.4) is 0 Å². The van der Waals surface area contributed by atoms with Crippen molar-refractivity contribution in [3.05, 3.63) is 34.9 Å². The standard InChI is InChI=1S/C16H19ClFNO3/c1-15(2,9-11-4-3-5-12(17)8-11)13(20)19-7-6-16(18,10-19)14(21)22/h3-5,8H,6-7,9-10H2,1-2H3,(H,21,22). The van der Waals surface area contributed by atoms with Gasteiger partial charge in [0.2, 0.25) is 11.6 Å². The van der Waals surface area contributed by atoms with Crippen LogP contribution < -0.4 is 0 Å². The van der Waals surface area contributed by atoms with Gasteiger partial charge in [0.15, 0.2) is 0 Å². The minimum absolute atomic E-state index is 0.126. The number of nitrogens with zero attached hydrogens (tertiary/aromatic N) is 1. The number of carboxylic acids is 1. The second kappa shape index (κ2) is 5.88. The van der Waals surface area contributed by atoms with E-state index in [1.165, 1.54) is 4.90 Å². The molecule has 0 saturated carbocycles. The molecule has 6 heteroatoms. The van der Waals surface area contributed by atoms with Gasteiger partial charge in [0.25, 0.3) is 0 Å². The molecular formula is C16H19ClFNO3. The summed E-state index contributed by atoms with van der Waals surface area (Å²) in [6.07, 6.45) is 0.288. The predicted octanol–water partition coefficient (Wildman–Crippen LogP) is 2.93. The van der Waals surface area contributed by atoms with E-state index in [1.54, 1.807) is 26.0 Å². The van der Waals surface area contributed by atoms with Crippen LogP contribution in [0.15, 0.2) is 24.3 Å². The summed E-state index contributed by atoms with van der Waals surface area (Å²) >= 11 is 5.94. The van der Waals surface area contributed by atoms with Crippen LogP contribution in [0.2, 0.25) is 5.02 Å². The number of amides is 1. The smallest absolute Gasteiger partial charge is 0.343 e. The van der Waals surface area contributed by atoms with Gasteiger partial charge in [-0.05, 0) is 24.1 Å². The lowest BCUT2D eigenvalue weighted by molar-refractivity contribution is -0.150. The van der Waals surface area contributed by atoms with Crippen LogP contribution in [0.5, 0.6) is 0 Å². The highest BCUT2D eigenvalue weighted by Gasteiger charge is 2.48. The molecule has 22 heavy (non-hydrogen) atoms. The SMILES string of the molecule is CC(C)(Cc1cccc(Cl)c1)C(=O)N1CCC(F)(C(=O)O)C1. The minimum atomic E-state index is -2.33. The van der Waals surface area contributed by atoms with Crippen LogP contribution in [0.1, 0.15) is 25.8 Å². The maximum Gasteiger partial charge on any atom is 0.343 e. The largest absolute Gasteiger partial charge is 0.479 e. The average Bonchev–Trinajstić information content (AvgIpc) is 2.81. The van der Waals surface area contributed by atoms with Gasteiger partial charge < -0.3 is 10.0 Å². The summed E-state index contributed by atoms with van der Waals surface area (Å²) in [6, 6.07) is 7.23. The first kappa shape index (κ1) is 16.7. The lowest BCUT2D eigenvalue weighted by Gasteiger charge is -2.29. The second-order valence-corrected chi connectivity index (χ2v) is 6.87. The summed E-state index contributed by atoms with van der Waals surface area (Å²) in [5.41, 5.74) is -2.18. The Balaban J connectivity index is 2.10. The monoisotopic (exact) mass is 327 g/mol. The molecule has 0 aromatic heterocycles. The highest BCUT2D eigenvalue weighted by molar-refractivity contribution is 6.30. The average molecular weight is 328 g/mol. The fourth-order valence-corrected chi connectivity index (χ4v) is 2.99. The van der Waals surface area contributed by atoms with Crippen molar-refractivity contribution in [2.75, 3.05) is 13.1 Å².